The Labute approximate surface area is 107 Å². The zero-order chi connectivity index (χ0) is 12.4. The van der Waals surface area contributed by atoms with Crippen molar-refractivity contribution in [2.75, 3.05) is 5.73 Å². The number of hydrogen-bond donors (Lipinski definition) is 1. The van der Waals surface area contributed by atoms with Crippen LogP contribution in [0.25, 0.3) is 0 Å². The Morgan fingerprint density at radius 2 is 2.41 bits per heavy atom. The summed E-state index contributed by atoms with van der Waals surface area (Å²) in [4.78, 5) is 16.1. The van der Waals surface area contributed by atoms with E-state index in [1.165, 1.54) is 17.5 Å². The molecule has 0 aliphatic heterocycles. The van der Waals surface area contributed by atoms with Crippen LogP contribution in [0.3, 0.4) is 0 Å². The van der Waals surface area contributed by atoms with Gasteiger partial charge in [0.1, 0.15) is 5.69 Å². The maximum absolute atomic E-state index is 12.1. The molecule has 2 rings (SSSR count). The van der Waals surface area contributed by atoms with E-state index in [-0.39, 0.29) is 12.2 Å². The molecule has 5 nitrogen and oxygen atoms in total. The van der Waals surface area contributed by atoms with E-state index in [0.29, 0.717) is 28.1 Å². The van der Waals surface area contributed by atoms with E-state index in [4.69, 9.17) is 17.3 Å². The van der Waals surface area contributed by atoms with Crippen molar-refractivity contribution in [2.45, 2.75) is 19.9 Å². The summed E-state index contributed by atoms with van der Waals surface area (Å²) in [6.45, 7) is 2.51. The standard InChI is InChI=1S/C10H11ClN4OS/c1-2-15-9(7(11)4-13-15)8(16)3-6-5-17-10(12)14-6/h4-5H,2-3H2,1H3,(H2,12,14). The van der Waals surface area contributed by atoms with Crippen molar-refractivity contribution in [1.29, 1.82) is 0 Å². The summed E-state index contributed by atoms with van der Waals surface area (Å²) in [7, 11) is 0. The fraction of sp³-hybridized carbons (Fsp3) is 0.300. The Kier molecular flexibility index (Phi) is 3.44. The number of rotatable bonds is 4. The number of carbonyl (C=O) groups excluding carboxylic acids is 1. The molecule has 0 aliphatic rings. The van der Waals surface area contributed by atoms with E-state index in [0.717, 1.165) is 0 Å². The maximum atomic E-state index is 12.1. The molecule has 2 N–H and O–H groups in total. The summed E-state index contributed by atoms with van der Waals surface area (Å²) in [5.74, 6) is -0.0975. The number of nitrogen functional groups attached to an aromatic ring is 1. The third kappa shape index (κ3) is 2.48. The Balaban J connectivity index is 2.22. The van der Waals surface area contributed by atoms with Crippen LogP contribution in [0.5, 0.6) is 0 Å². The number of Topliss-reactive ketones (excluding diaryl/α,β-unsaturated/α-hetero) is 1. The van der Waals surface area contributed by atoms with Crippen molar-refractivity contribution < 1.29 is 4.79 Å². The lowest BCUT2D eigenvalue weighted by Crippen LogP contribution is -2.12. The van der Waals surface area contributed by atoms with Gasteiger partial charge >= 0.3 is 0 Å². The number of nitrogens with two attached hydrogens (primary N) is 1. The number of carbonyl (C=O) groups is 1. The van der Waals surface area contributed by atoms with Crippen molar-refractivity contribution in [1.82, 2.24) is 14.8 Å². The fourth-order valence-corrected chi connectivity index (χ4v) is 2.34. The van der Waals surface area contributed by atoms with Crippen molar-refractivity contribution in [2.24, 2.45) is 0 Å². The molecule has 0 saturated heterocycles. The van der Waals surface area contributed by atoms with Crippen LogP contribution in [0.2, 0.25) is 5.02 Å². The normalized spacial score (nSPS) is 10.7. The summed E-state index contributed by atoms with van der Waals surface area (Å²) in [6, 6.07) is 0. The second-order valence-electron chi connectivity index (χ2n) is 3.43. The van der Waals surface area contributed by atoms with E-state index in [1.54, 1.807) is 10.1 Å². The fourth-order valence-electron chi connectivity index (χ4n) is 1.53. The molecule has 0 aliphatic carbocycles. The first-order valence-electron chi connectivity index (χ1n) is 5.06. The van der Waals surface area contributed by atoms with E-state index in [9.17, 15) is 4.79 Å². The molecule has 90 valence electrons. The van der Waals surface area contributed by atoms with Gasteiger partial charge in [-0.25, -0.2) is 4.98 Å². The Morgan fingerprint density at radius 1 is 1.65 bits per heavy atom. The predicted molar refractivity (Wildman–Crippen MR) is 67.5 cm³/mol. The first-order chi connectivity index (χ1) is 8.11. The molecule has 0 radical (unpaired) electrons. The number of halogens is 1. The summed E-state index contributed by atoms with van der Waals surface area (Å²) in [5.41, 5.74) is 6.61. The molecule has 0 atom stereocenters. The number of aryl methyl sites for hydroxylation is 1. The topological polar surface area (TPSA) is 73.8 Å². The van der Waals surface area contributed by atoms with Crippen LogP contribution >= 0.6 is 22.9 Å². The maximum Gasteiger partial charge on any atom is 0.188 e. The number of anilines is 1. The van der Waals surface area contributed by atoms with Gasteiger partial charge in [-0.15, -0.1) is 11.3 Å². The lowest BCUT2D eigenvalue weighted by Gasteiger charge is -2.03. The quantitative estimate of drug-likeness (QED) is 0.863. The SMILES string of the molecule is CCn1ncc(Cl)c1C(=O)Cc1csc(N)n1. The van der Waals surface area contributed by atoms with Crippen LogP contribution in [0.1, 0.15) is 23.1 Å². The van der Waals surface area contributed by atoms with Crippen LogP contribution in [-0.4, -0.2) is 20.5 Å². The summed E-state index contributed by atoms with van der Waals surface area (Å²) < 4.78 is 1.58. The average Bonchev–Trinajstić information content (AvgIpc) is 2.84. The van der Waals surface area contributed by atoms with Crippen LogP contribution < -0.4 is 5.73 Å². The highest BCUT2D eigenvalue weighted by Crippen LogP contribution is 2.19. The van der Waals surface area contributed by atoms with Crippen molar-refractivity contribution in [3.05, 3.63) is 28.0 Å². The number of aromatic nitrogens is 3. The Bertz CT molecular complexity index is 548. The molecule has 0 unspecified atom stereocenters. The highest BCUT2D eigenvalue weighted by Gasteiger charge is 2.18. The molecular weight excluding hydrogens is 260 g/mol. The van der Waals surface area contributed by atoms with Gasteiger partial charge in [0.2, 0.25) is 0 Å². The largest absolute Gasteiger partial charge is 0.375 e. The summed E-state index contributed by atoms with van der Waals surface area (Å²) >= 11 is 7.26. The van der Waals surface area contributed by atoms with Gasteiger partial charge in [-0.05, 0) is 6.92 Å². The van der Waals surface area contributed by atoms with Crippen molar-refractivity contribution in [3.8, 4) is 0 Å². The van der Waals surface area contributed by atoms with Crippen LogP contribution in [0.15, 0.2) is 11.6 Å². The van der Waals surface area contributed by atoms with Gasteiger partial charge in [-0.1, -0.05) is 11.6 Å². The summed E-state index contributed by atoms with van der Waals surface area (Å²) in [6.07, 6.45) is 1.67. The van der Waals surface area contributed by atoms with Gasteiger partial charge in [0.05, 0.1) is 23.3 Å². The molecule has 2 aromatic heterocycles. The lowest BCUT2D eigenvalue weighted by atomic mass is 10.2. The van der Waals surface area contributed by atoms with E-state index < -0.39 is 0 Å². The first-order valence-corrected chi connectivity index (χ1v) is 6.32. The van der Waals surface area contributed by atoms with E-state index in [2.05, 4.69) is 10.1 Å². The Hall–Kier alpha value is -1.40. The van der Waals surface area contributed by atoms with E-state index in [1.807, 2.05) is 6.92 Å². The molecule has 17 heavy (non-hydrogen) atoms. The molecule has 0 fully saturated rings. The van der Waals surface area contributed by atoms with Gasteiger partial charge in [0.15, 0.2) is 10.9 Å². The van der Waals surface area contributed by atoms with Crippen molar-refractivity contribution >= 4 is 33.9 Å². The smallest absolute Gasteiger partial charge is 0.188 e. The zero-order valence-electron chi connectivity index (χ0n) is 9.18. The third-order valence-corrected chi connectivity index (χ3v) is 3.27. The number of thiazole rings is 1. The first kappa shape index (κ1) is 12.1. The van der Waals surface area contributed by atoms with Crippen LogP contribution in [0, 0.1) is 0 Å². The second-order valence-corrected chi connectivity index (χ2v) is 4.73. The third-order valence-electron chi connectivity index (χ3n) is 2.27. The van der Waals surface area contributed by atoms with Gasteiger partial charge in [0, 0.05) is 11.9 Å². The minimum absolute atomic E-state index is 0.0975. The monoisotopic (exact) mass is 270 g/mol. The molecule has 0 spiro atoms. The van der Waals surface area contributed by atoms with Gasteiger partial charge < -0.3 is 5.73 Å². The molecule has 7 heteroatoms. The molecule has 0 bridgehead atoms. The Morgan fingerprint density at radius 3 is 3.00 bits per heavy atom. The minimum Gasteiger partial charge on any atom is -0.375 e. The second kappa shape index (κ2) is 4.85. The highest BCUT2D eigenvalue weighted by molar-refractivity contribution is 7.13. The van der Waals surface area contributed by atoms with Crippen LogP contribution in [-0.2, 0) is 13.0 Å². The lowest BCUT2D eigenvalue weighted by molar-refractivity contribution is 0.0982. The predicted octanol–water partition coefficient (Wildman–Crippen LogP) is 2.02. The van der Waals surface area contributed by atoms with Gasteiger partial charge in [-0.3, -0.25) is 9.48 Å². The highest BCUT2D eigenvalue weighted by atomic mass is 35.5. The number of hydrogen-bond acceptors (Lipinski definition) is 5. The summed E-state index contributed by atoms with van der Waals surface area (Å²) in [5, 5.41) is 6.63. The van der Waals surface area contributed by atoms with Gasteiger partial charge in [0.25, 0.3) is 0 Å². The molecule has 2 heterocycles. The molecule has 0 saturated carbocycles. The molecule has 0 aromatic carbocycles. The van der Waals surface area contributed by atoms with Crippen LogP contribution in [0.4, 0.5) is 5.13 Å². The minimum atomic E-state index is -0.0975. The zero-order valence-corrected chi connectivity index (χ0v) is 10.8. The molecule has 2 aromatic rings. The molecule has 0 amide bonds. The number of ketones is 1. The number of nitrogens with zero attached hydrogens (tertiary/aromatic N) is 3. The average molecular weight is 271 g/mol. The van der Waals surface area contributed by atoms with E-state index >= 15 is 0 Å². The van der Waals surface area contributed by atoms with Crippen molar-refractivity contribution in [3.63, 3.8) is 0 Å². The molecular formula is C10H11ClN4OS. The van der Waals surface area contributed by atoms with Gasteiger partial charge in [-0.2, -0.15) is 5.10 Å².